The summed E-state index contributed by atoms with van der Waals surface area (Å²) in [5, 5.41) is 0. The van der Waals surface area contributed by atoms with Crippen LogP contribution in [0.4, 0.5) is 0 Å². The average molecular weight is 339 g/mol. The third-order valence-electron chi connectivity index (χ3n) is 2.91. The number of aldehydes is 1. The fourth-order valence-corrected chi connectivity index (χ4v) is 1.50. The Morgan fingerprint density at radius 2 is 1.75 bits per heavy atom. The molecule has 0 aromatic heterocycles. The van der Waals surface area contributed by atoms with E-state index in [1.807, 2.05) is 13.8 Å². The van der Waals surface area contributed by atoms with Gasteiger partial charge in [0, 0.05) is 12.7 Å². The molecule has 0 amide bonds. The second-order valence-electron chi connectivity index (χ2n) is 5.37. The summed E-state index contributed by atoms with van der Waals surface area (Å²) < 4.78 is 14.4. The van der Waals surface area contributed by atoms with Crippen LogP contribution in [0.1, 0.15) is 31.1 Å². The van der Waals surface area contributed by atoms with E-state index in [2.05, 4.69) is 4.74 Å². The summed E-state index contributed by atoms with van der Waals surface area (Å²) >= 11 is 0. The highest BCUT2D eigenvalue weighted by atomic mass is 16.6. The zero-order valence-electron chi connectivity index (χ0n) is 14.4. The molecule has 7 nitrogen and oxygen atoms in total. The monoisotopic (exact) mass is 339 g/mol. The summed E-state index contributed by atoms with van der Waals surface area (Å²) in [6.07, 6.45) is 0.493. The molecule has 1 rings (SSSR count). The maximum atomic E-state index is 11.3. The number of methoxy groups -OCH3 is 1. The molecule has 7 heteroatoms. The maximum Gasteiger partial charge on any atom is 0.323 e. The Morgan fingerprint density at radius 3 is 2.17 bits per heavy atom. The van der Waals surface area contributed by atoms with E-state index in [4.69, 9.17) is 15.2 Å². The molecule has 0 heterocycles. The van der Waals surface area contributed by atoms with Crippen LogP contribution in [-0.4, -0.2) is 44.6 Å². The first kappa shape index (κ1) is 21.8. The number of benzene rings is 1. The molecule has 0 spiro atoms. The van der Waals surface area contributed by atoms with Gasteiger partial charge in [-0.3, -0.25) is 14.4 Å². The van der Waals surface area contributed by atoms with E-state index < -0.39 is 6.04 Å². The van der Waals surface area contributed by atoms with Gasteiger partial charge in [0.25, 0.3) is 6.47 Å². The first-order chi connectivity index (χ1) is 11.3. The molecule has 0 aliphatic carbocycles. The maximum absolute atomic E-state index is 11.3. The minimum Gasteiger partial charge on any atom is -0.459 e. The molecule has 0 fully saturated rings. The first-order valence-electron chi connectivity index (χ1n) is 7.46. The molecule has 1 aromatic rings. The van der Waals surface area contributed by atoms with Gasteiger partial charge in [-0.05, 0) is 37.1 Å². The van der Waals surface area contributed by atoms with Gasteiger partial charge in [-0.15, -0.1) is 0 Å². The summed E-state index contributed by atoms with van der Waals surface area (Å²) in [5.41, 5.74) is 6.15. The average Bonchev–Trinajstić information content (AvgIpc) is 2.55. The highest BCUT2D eigenvalue weighted by Crippen LogP contribution is 2.09. The van der Waals surface area contributed by atoms with Crippen LogP contribution in [0.15, 0.2) is 24.3 Å². The van der Waals surface area contributed by atoms with Crippen LogP contribution in [0.2, 0.25) is 0 Å². The van der Waals surface area contributed by atoms with E-state index in [9.17, 15) is 14.4 Å². The Labute approximate surface area is 142 Å². The van der Waals surface area contributed by atoms with Crippen molar-refractivity contribution in [1.29, 1.82) is 0 Å². The van der Waals surface area contributed by atoms with E-state index in [1.165, 1.54) is 0 Å². The highest BCUT2D eigenvalue weighted by molar-refractivity contribution is 5.76. The van der Waals surface area contributed by atoms with Crippen LogP contribution < -0.4 is 10.5 Å². The van der Waals surface area contributed by atoms with E-state index in [0.717, 1.165) is 6.29 Å². The number of carbonyl (C=O) groups is 3. The largest absolute Gasteiger partial charge is 0.459 e. The smallest absolute Gasteiger partial charge is 0.323 e. The number of hydrogen-bond donors (Lipinski definition) is 1. The molecular formula is C17H25NO6. The van der Waals surface area contributed by atoms with E-state index in [0.29, 0.717) is 24.4 Å². The van der Waals surface area contributed by atoms with Crippen LogP contribution in [0.25, 0.3) is 0 Å². The molecular weight excluding hydrogens is 314 g/mol. The highest BCUT2D eigenvalue weighted by Gasteiger charge is 2.20. The molecule has 0 radical (unpaired) electrons. The van der Waals surface area contributed by atoms with Crippen LogP contribution in [0.3, 0.4) is 0 Å². The van der Waals surface area contributed by atoms with Gasteiger partial charge >= 0.3 is 5.97 Å². The summed E-state index contributed by atoms with van der Waals surface area (Å²) in [6, 6.07) is 5.72. The quantitative estimate of drug-likeness (QED) is 0.566. The van der Waals surface area contributed by atoms with Crippen molar-refractivity contribution in [3.05, 3.63) is 29.8 Å². The Morgan fingerprint density at radius 1 is 1.17 bits per heavy atom. The van der Waals surface area contributed by atoms with Crippen LogP contribution in [0.5, 0.6) is 5.75 Å². The van der Waals surface area contributed by atoms with Crippen LogP contribution in [0, 0.1) is 5.92 Å². The summed E-state index contributed by atoms with van der Waals surface area (Å²) in [4.78, 5) is 31.3. The van der Waals surface area contributed by atoms with Gasteiger partial charge in [-0.2, -0.15) is 0 Å². The fourth-order valence-electron chi connectivity index (χ4n) is 1.50. The summed E-state index contributed by atoms with van der Waals surface area (Å²) in [7, 11) is 1.56. The number of hydrogen-bond acceptors (Lipinski definition) is 7. The molecule has 0 aliphatic heterocycles. The van der Waals surface area contributed by atoms with Crippen molar-refractivity contribution in [2.24, 2.45) is 11.7 Å². The standard InChI is InChI=1S/C9H19NO3.C8H6O3/c1-6(2)8(10)9(11)13-7(3)5-12-4;9-5-7-1-3-8(4-2-7)11-6-10/h6-8H,5,10H2,1-4H3;1-6H. The minimum absolute atomic E-state index is 0.0993. The molecule has 2 unspecified atom stereocenters. The van der Waals surface area contributed by atoms with Gasteiger partial charge in [-0.1, -0.05) is 13.8 Å². The van der Waals surface area contributed by atoms with Crippen LogP contribution >= 0.6 is 0 Å². The summed E-state index contributed by atoms with van der Waals surface area (Å²) in [5.74, 6) is 0.174. The van der Waals surface area contributed by atoms with E-state index in [1.54, 1.807) is 38.3 Å². The van der Waals surface area contributed by atoms with Crippen molar-refractivity contribution >= 4 is 18.7 Å². The Hall–Kier alpha value is -2.25. The first-order valence-corrected chi connectivity index (χ1v) is 7.46. The van der Waals surface area contributed by atoms with Gasteiger partial charge in [-0.25, -0.2) is 0 Å². The van der Waals surface area contributed by atoms with Crippen molar-refractivity contribution in [1.82, 2.24) is 0 Å². The van der Waals surface area contributed by atoms with Gasteiger partial charge in [0.15, 0.2) is 0 Å². The zero-order valence-corrected chi connectivity index (χ0v) is 14.4. The molecule has 0 bridgehead atoms. The van der Waals surface area contributed by atoms with Gasteiger partial charge in [0.2, 0.25) is 0 Å². The molecule has 24 heavy (non-hydrogen) atoms. The van der Waals surface area contributed by atoms with Crippen LogP contribution in [-0.2, 0) is 19.1 Å². The molecule has 2 N–H and O–H groups in total. The van der Waals surface area contributed by atoms with Crippen molar-refractivity contribution in [3.8, 4) is 5.75 Å². The number of esters is 1. The molecule has 134 valence electrons. The van der Waals surface area contributed by atoms with Gasteiger partial charge in [0.1, 0.15) is 24.2 Å². The van der Waals surface area contributed by atoms with E-state index in [-0.39, 0.29) is 18.0 Å². The second kappa shape index (κ2) is 12.2. The Bertz CT molecular complexity index is 500. The lowest BCUT2D eigenvalue weighted by molar-refractivity contribution is -0.153. The minimum atomic E-state index is -0.542. The predicted octanol–water partition coefficient (Wildman–Crippen LogP) is 1.58. The molecule has 0 saturated heterocycles. The number of ether oxygens (including phenoxy) is 3. The van der Waals surface area contributed by atoms with Crippen molar-refractivity contribution in [2.75, 3.05) is 13.7 Å². The topological polar surface area (TPSA) is 105 Å². The molecule has 1 aromatic carbocycles. The van der Waals surface area contributed by atoms with Gasteiger partial charge < -0.3 is 19.9 Å². The normalized spacial score (nSPS) is 12.4. The van der Waals surface area contributed by atoms with Gasteiger partial charge in [0.05, 0.1) is 6.61 Å². The third kappa shape index (κ3) is 9.02. The van der Waals surface area contributed by atoms with Crippen molar-refractivity contribution in [2.45, 2.75) is 32.9 Å². The Kier molecular flexibility index (Phi) is 11.1. The lowest BCUT2D eigenvalue weighted by Crippen LogP contribution is -2.39. The third-order valence-corrected chi connectivity index (χ3v) is 2.91. The SMILES string of the molecule is COCC(C)OC(=O)C(N)C(C)C.O=COc1ccc(C=O)cc1. The molecule has 2 atom stereocenters. The fraction of sp³-hybridized carbons (Fsp3) is 0.471. The lowest BCUT2D eigenvalue weighted by Gasteiger charge is -2.18. The Balaban J connectivity index is 0.000000446. The number of rotatable bonds is 8. The number of nitrogens with two attached hydrogens (primary N) is 1. The lowest BCUT2D eigenvalue weighted by atomic mass is 10.1. The summed E-state index contributed by atoms with van der Waals surface area (Å²) in [6.45, 7) is 6.28. The zero-order chi connectivity index (χ0) is 18.5. The van der Waals surface area contributed by atoms with E-state index >= 15 is 0 Å². The predicted molar refractivity (Wildman–Crippen MR) is 88.8 cm³/mol. The van der Waals surface area contributed by atoms with Crippen molar-refractivity contribution < 1.29 is 28.6 Å². The molecule has 0 aliphatic rings. The molecule has 0 saturated carbocycles. The second-order valence-corrected chi connectivity index (χ2v) is 5.37. The number of carbonyl (C=O) groups excluding carboxylic acids is 3. The van der Waals surface area contributed by atoms with Crippen molar-refractivity contribution in [3.63, 3.8) is 0 Å².